The molecule has 0 unspecified atom stereocenters. The molecule has 1 N–H and O–H groups in total. The topological polar surface area (TPSA) is 55.0 Å². The van der Waals surface area contributed by atoms with Crippen molar-refractivity contribution in [3.05, 3.63) is 49.2 Å². The number of benzene rings is 1. The Kier molecular flexibility index (Phi) is 4.31. The maximum absolute atomic E-state index is 13.5. The van der Waals surface area contributed by atoms with Gasteiger partial charge in [-0.2, -0.15) is 0 Å². The van der Waals surface area contributed by atoms with E-state index < -0.39 is 0 Å². The molecule has 1 aromatic heterocycles. The van der Waals surface area contributed by atoms with E-state index in [2.05, 4.69) is 9.97 Å². The van der Waals surface area contributed by atoms with Crippen molar-refractivity contribution in [1.82, 2.24) is 9.97 Å². The Morgan fingerprint density at radius 3 is 2.84 bits per heavy atom. The maximum Gasteiger partial charge on any atom is 0.264 e. The fourth-order valence-corrected chi connectivity index (χ4v) is 2.03. The van der Waals surface area contributed by atoms with Gasteiger partial charge >= 0.3 is 0 Å². The van der Waals surface area contributed by atoms with E-state index in [0.717, 1.165) is 0 Å². The highest BCUT2D eigenvalue weighted by Gasteiger charge is 2.11. The van der Waals surface area contributed by atoms with Crippen LogP contribution < -0.4 is 5.56 Å². The molecule has 6 heteroatoms. The van der Waals surface area contributed by atoms with Crippen molar-refractivity contribution < 1.29 is 9.13 Å². The third-order valence-electron chi connectivity index (χ3n) is 2.66. The summed E-state index contributed by atoms with van der Waals surface area (Å²) in [6, 6.07) is 4.73. The van der Waals surface area contributed by atoms with E-state index in [0.29, 0.717) is 26.2 Å². The first-order valence-electron chi connectivity index (χ1n) is 5.57. The standard InChI is InChI=1S/C13H12FIN2O2/c1-7-3-4-8(5-9(7)14)12-16-10(6-19-2)11(15)13(18)17-12/h3-5H,6H2,1-2H3,(H,16,17,18). The molecule has 0 amide bonds. The fourth-order valence-electron chi connectivity index (χ4n) is 1.61. The molecule has 1 aromatic carbocycles. The molecule has 0 fully saturated rings. The molecule has 100 valence electrons. The molecule has 0 spiro atoms. The zero-order valence-electron chi connectivity index (χ0n) is 10.5. The monoisotopic (exact) mass is 374 g/mol. The predicted molar refractivity (Wildman–Crippen MR) is 78.4 cm³/mol. The summed E-state index contributed by atoms with van der Waals surface area (Å²) in [6.07, 6.45) is 0. The molecule has 0 aliphatic heterocycles. The summed E-state index contributed by atoms with van der Waals surface area (Å²) < 4.78 is 19.0. The minimum Gasteiger partial charge on any atom is -0.378 e. The molecule has 1 heterocycles. The van der Waals surface area contributed by atoms with Crippen LogP contribution in [0.3, 0.4) is 0 Å². The van der Waals surface area contributed by atoms with Crippen LogP contribution in [0, 0.1) is 16.3 Å². The first-order valence-corrected chi connectivity index (χ1v) is 6.65. The molecule has 0 aliphatic rings. The van der Waals surface area contributed by atoms with Crippen molar-refractivity contribution in [2.75, 3.05) is 7.11 Å². The van der Waals surface area contributed by atoms with Crippen LogP contribution in [0.15, 0.2) is 23.0 Å². The number of nitrogens with one attached hydrogen (secondary N) is 1. The van der Waals surface area contributed by atoms with Gasteiger partial charge in [-0.15, -0.1) is 0 Å². The van der Waals surface area contributed by atoms with Crippen molar-refractivity contribution in [2.45, 2.75) is 13.5 Å². The van der Waals surface area contributed by atoms with Crippen molar-refractivity contribution >= 4 is 22.6 Å². The number of H-pyrrole nitrogens is 1. The Bertz CT molecular complexity index is 670. The van der Waals surface area contributed by atoms with E-state index in [9.17, 15) is 9.18 Å². The summed E-state index contributed by atoms with van der Waals surface area (Å²) in [7, 11) is 1.53. The first kappa shape index (κ1) is 14.1. The minimum atomic E-state index is -0.327. The van der Waals surface area contributed by atoms with Gasteiger partial charge in [-0.25, -0.2) is 9.37 Å². The Hall–Kier alpha value is -1.28. The van der Waals surface area contributed by atoms with Crippen LogP contribution in [-0.4, -0.2) is 17.1 Å². The second-order valence-corrected chi connectivity index (χ2v) is 5.15. The van der Waals surface area contributed by atoms with Crippen molar-refractivity contribution in [3.63, 3.8) is 0 Å². The number of hydrogen-bond acceptors (Lipinski definition) is 3. The first-order chi connectivity index (χ1) is 9.02. The van der Waals surface area contributed by atoms with Crippen LogP contribution in [0.5, 0.6) is 0 Å². The van der Waals surface area contributed by atoms with Crippen LogP contribution in [0.4, 0.5) is 4.39 Å². The predicted octanol–water partition coefficient (Wildman–Crippen LogP) is 2.64. The molecule has 0 aliphatic carbocycles. The van der Waals surface area contributed by atoms with Crippen LogP contribution in [-0.2, 0) is 11.3 Å². The summed E-state index contributed by atoms with van der Waals surface area (Å²) in [5.74, 6) is 0.0170. The molecule has 0 saturated carbocycles. The Morgan fingerprint density at radius 1 is 1.47 bits per heavy atom. The zero-order chi connectivity index (χ0) is 14.0. The lowest BCUT2D eigenvalue weighted by atomic mass is 10.1. The highest BCUT2D eigenvalue weighted by Crippen LogP contribution is 2.19. The minimum absolute atomic E-state index is 0.240. The number of hydrogen-bond donors (Lipinski definition) is 1. The lowest BCUT2D eigenvalue weighted by Crippen LogP contribution is -2.16. The normalized spacial score (nSPS) is 10.7. The summed E-state index contributed by atoms with van der Waals surface area (Å²) in [6.45, 7) is 1.92. The number of aromatic amines is 1. The molecule has 4 nitrogen and oxygen atoms in total. The molecule has 2 aromatic rings. The summed E-state index contributed by atoms with van der Waals surface area (Å²) in [5, 5.41) is 0. The van der Waals surface area contributed by atoms with Gasteiger partial charge in [0, 0.05) is 12.7 Å². The zero-order valence-corrected chi connectivity index (χ0v) is 12.6. The van der Waals surface area contributed by atoms with Crippen LogP contribution in [0.1, 0.15) is 11.3 Å². The van der Waals surface area contributed by atoms with Gasteiger partial charge in [0.15, 0.2) is 0 Å². The van der Waals surface area contributed by atoms with Gasteiger partial charge in [-0.3, -0.25) is 4.79 Å². The smallest absolute Gasteiger partial charge is 0.264 e. The third-order valence-corrected chi connectivity index (χ3v) is 3.77. The van der Waals surface area contributed by atoms with Gasteiger partial charge in [0.25, 0.3) is 5.56 Å². The van der Waals surface area contributed by atoms with Gasteiger partial charge in [0.1, 0.15) is 15.2 Å². The molecular formula is C13H12FIN2O2. The van der Waals surface area contributed by atoms with Crippen molar-refractivity contribution in [1.29, 1.82) is 0 Å². The van der Waals surface area contributed by atoms with Gasteiger partial charge in [0.2, 0.25) is 0 Å². The molecule has 19 heavy (non-hydrogen) atoms. The summed E-state index contributed by atoms with van der Waals surface area (Å²) in [5.41, 5.74) is 1.38. The number of aromatic nitrogens is 2. The second-order valence-electron chi connectivity index (χ2n) is 4.07. The molecule has 0 atom stereocenters. The van der Waals surface area contributed by atoms with Crippen molar-refractivity contribution in [2.24, 2.45) is 0 Å². The highest BCUT2D eigenvalue weighted by atomic mass is 127. The fraction of sp³-hybridized carbons (Fsp3) is 0.231. The van der Waals surface area contributed by atoms with E-state index in [1.54, 1.807) is 19.1 Å². The SMILES string of the molecule is COCc1nc(-c2ccc(C)c(F)c2)[nH]c(=O)c1I. The third kappa shape index (κ3) is 3.01. The van der Waals surface area contributed by atoms with Gasteiger partial charge in [0.05, 0.1) is 12.3 Å². The van der Waals surface area contributed by atoms with E-state index >= 15 is 0 Å². The Morgan fingerprint density at radius 2 is 2.21 bits per heavy atom. The maximum atomic E-state index is 13.5. The van der Waals surface area contributed by atoms with Crippen LogP contribution in [0.25, 0.3) is 11.4 Å². The lowest BCUT2D eigenvalue weighted by molar-refractivity contribution is 0.180. The summed E-state index contributed by atoms with van der Waals surface area (Å²) in [4.78, 5) is 18.8. The molecule has 0 bridgehead atoms. The highest BCUT2D eigenvalue weighted by molar-refractivity contribution is 14.1. The van der Waals surface area contributed by atoms with Gasteiger partial charge in [-0.05, 0) is 41.1 Å². The van der Waals surface area contributed by atoms with E-state index in [1.165, 1.54) is 13.2 Å². The average molecular weight is 374 g/mol. The van der Waals surface area contributed by atoms with Gasteiger partial charge in [-0.1, -0.05) is 12.1 Å². The largest absolute Gasteiger partial charge is 0.378 e. The van der Waals surface area contributed by atoms with E-state index in [4.69, 9.17) is 4.74 Å². The number of nitrogens with zero attached hydrogens (tertiary/aromatic N) is 1. The quantitative estimate of drug-likeness (QED) is 0.841. The number of aryl methyl sites for hydroxylation is 1. The second kappa shape index (κ2) is 5.79. The van der Waals surface area contributed by atoms with E-state index in [-0.39, 0.29) is 18.0 Å². The Labute approximate surface area is 123 Å². The number of methoxy groups -OCH3 is 1. The van der Waals surface area contributed by atoms with E-state index in [1.807, 2.05) is 22.6 Å². The molecule has 2 rings (SSSR count). The summed E-state index contributed by atoms with van der Waals surface area (Å²) >= 11 is 1.92. The van der Waals surface area contributed by atoms with Gasteiger partial charge < -0.3 is 9.72 Å². The number of ether oxygens (including phenoxy) is 1. The number of rotatable bonds is 3. The van der Waals surface area contributed by atoms with Crippen LogP contribution in [0.2, 0.25) is 0 Å². The molecule has 0 saturated heterocycles. The lowest BCUT2D eigenvalue weighted by Gasteiger charge is -2.07. The Balaban J connectivity index is 2.56. The number of halogens is 2. The van der Waals surface area contributed by atoms with Crippen LogP contribution >= 0.6 is 22.6 Å². The van der Waals surface area contributed by atoms with Crippen molar-refractivity contribution in [3.8, 4) is 11.4 Å². The average Bonchev–Trinajstić information content (AvgIpc) is 2.38. The molecule has 0 radical (unpaired) electrons. The molecular weight excluding hydrogens is 362 g/mol.